The number of piperidine rings is 1. The van der Waals surface area contributed by atoms with Crippen LogP contribution >= 0.6 is 11.8 Å². The van der Waals surface area contributed by atoms with Gasteiger partial charge in [-0.1, -0.05) is 0 Å². The topological polar surface area (TPSA) is 60.9 Å². The minimum Gasteiger partial charge on any atom is -0.481 e. The molecule has 0 aromatic rings. The SMILES string of the molecule is CC1CSCCN1C(=O)N1CCCC(C(C)(C)C(=O)O)C1. The van der Waals surface area contributed by atoms with Crippen LogP contribution in [-0.4, -0.2) is 64.1 Å². The van der Waals surface area contributed by atoms with Crippen molar-refractivity contribution < 1.29 is 14.7 Å². The third kappa shape index (κ3) is 3.47. The molecule has 0 radical (unpaired) electrons. The van der Waals surface area contributed by atoms with Gasteiger partial charge in [0.2, 0.25) is 0 Å². The Balaban J connectivity index is 2.03. The second kappa shape index (κ2) is 6.46. The standard InChI is InChI=1S/C15H26N2O3S/c1-11-10-21-8-7-17(11)14(20)16-6-4-5-12(9-16)15(2,3)13(18)19/h11-12H,4-10H2,1-3H3,(H,18,19). The van der Waals surface area contributed by atoms with Crippen molar-refractivity contribution in [3.8, 4) is 0 Å². The second-order valence-electron chi connectivity index (χ2n) is 6.71. The molecular formula is C15H26N2O3S. The highest BCUT2D eigenvalue weighted by Gasteiger charge is 2.41. The zero-order chi connectivity index (χ0) is 15.6. The number of amides is 2. The molecule has 1 N–H and O–H groups in total. The fourth-order valence-corrected chi connectivity index (χ4v) is 4.12. The van der Waals surface area contributed by atoms with Crippen LogP contribution < -0.4 is 0 Å². The summed E-state index contributed by atoms with van der Waals surface area (Å²) in [6.07, 6.45) is 1.78. The molecule has 2 saturated heterocycles. The molecule has 0 aliphatic carbocycles. The molecule has 2 atom stereocenters. The Kier molecular flexibility index (Phi) is 5.07. The van der Waals surface area contributed by atoms with Crippen molar-refractivity contribution in [3.63, 3.8) is 0 Å². The Bertz CT molecular complexity index is 414. The lowest BCUT2D eigenvalue weighted by Gasteiger charge is -2.43. The molecule has 120 valence electrons. The summed E-state index contributed by atoms with van der Waals surface area (Å²) in [5, 5.41) is 9.39. The molecule has 21 heavy (non-hydrogen) atoms. The number of likely N-dealkylation sites (tertiary alicyclic amines) is 1. The molecule has 0 aromatic carbocycles. The quantitative estimate of drug-likeness (QED) is 0.850. The average molecular weight is 314 g/mol. The maximum Gasteiger partial charge on any atom is 0.320 e. The van der Waals surface area contributed by atoms with Gasteiger partial charge in [0.1, 0.15) is 0 Å². The number of carbonyl (C=O) groups is 2. The highest BCUT2D eigenvalue weighted by molar-refractivity contribution is 7.99. The van der Waals surface area contributed by atoms with Crippen LogP contribution in [-0.2, 0) is 4.79 Å². The van der Waals surface area contributed by atoms with Gasteiger partial charge in [0, 0.05) is 37.2 Å². The molecule has 5 nitrogen and oxygen atoms in total. The number of rotatable bonds is 2. The summed E-state index contributed by atoms with van der Waals surface area (Å²) in [6, 6.07) is 0.359. The van der Waals surface area contributed by atoms with Gasteiger partial charge in [0.05, 0.1) is 5.41 Å². The molecule has 2 heterocycles. The van der Waals surface area contributed by atoms with Crippen molar-refractivity contribution in [2.45, 2.75) is 39.7 Å². The van der Waals surface area contributed by atoms with E-state index in [1.165, 1.54) is 0 Å². The Morgan fingerprint density at radius 3 is 2.62 bits per heavy atom. The highest BCUT2D eigenvalue weighted by Crippen LogP contribution is 2.34. The van der Waals surface area contributed by atoms with E-state index in [0.29, 0.717) is 6.54 Å². The lowest BCUT2D eigenvalue weighted by Crippen LogP contribution is -2.54. The van der Waals surface area contributed by atoms with E-state index < -0.39 is 11.4 Å². The fraction of sp³-hybridized carbons (Fsp3) is 0.867. The summed E-state index contributed by atoms with van der Waals surface area (Å²) in [5.41, 5.74) is -0.775. The Morgan fingerprint density at radius 2 is 2.00 bits per heavy atom. The van der Waals surface area contributed by atoms with Gasteiger partial charge < -0.3 is 14.9 Å². The van der Waals surface area contributed by atoms with Gasteiger partial charge in [-0.3, -0.25) is 4.79 Å². The zero-order valence-electron chi connectivity index (χ0n) is 13.2. The predicted molar refractivity (Wildman–Crippen MR) is 84.6 cm³/mol. The van der Waals surface area contributed by atoms with Gasteiger partial charge in [-0.15, -0.1) is 0 Å². The third-order valence-corrected chi connectivity index (χ3v) is 6.07. The Morgan fingerprint density at radius 1 is 1.29 bits per heavy atom. The molecule has 6 heteroatoms. The van der Waals surface area contributed by atoms with Crippen molar-refractivity contribution >= 4 is 23.8 Å². The molecule has 2 aliphatic rings. The minimum absolute atomic E-state index is 0.0298. The number of urea groups is 1. The number of thioether (sulfide) groups is 1. The van der Waals surface area contributed by atoms with E-state index in [-0.39, 0.29) is 18.0 Å². The number of hydrogen-bond acceptors (Lipinski definition) is 3. The largest absolute Gasteiger partial charge is 0.481 e. The summed E-state index contributed by atoms with van der Waals surface area (Å²) >= 11 is 1.89. The summed E-state index contributed by atoms with van der Waals surface area (Å²) in [6.45, 7) is 7.75. The van der Waals surface area contributed by atoms with Gasteiger partial charge in [-0.25, -0.2) is 4.79 Å². The molecular weight excluding hydrogens is 288 g/mol. The third-order valence-electron chi connectivity index (χ3n) is 4.88. The molecule has 0 spiro atoms. The van der Waals surface area contributed by atoms with E-state index in [0.717, 1.165) is 37.4 Å². The van der Waals surface area contributed by atoms with Crippen LogP contribution in [0.15, 0.2) is 0 Å². The minimum atomic E-state index is -0.775. The molecule has 0 aromatic heterocycles. The van der Waals surface area contributed by atoms with E-state index in [1.807, 2.05) is 21.6 Å². The highest BCUT2D eigenvalue weighted by atomic mass is 32.2. The van der Waals surface area contributed by atoms with Crippen molar-refractivity contribution in [2.24, 2.45) is 11.3 Å². The van der Waals surface area contributed by atoms with Crippen LogP contribution in [0.4, 0.5) is 4.79 Å². The molecule has 0 saturated carbocycles. The van der Waals surface area contributed by atoms with Crippen molar-refractivity contribution in [1.29, 1.82) is 0 Å². The number of carboxylic acids is 1. The van der Waals surface area contributed by atoms with Crippen LogP contribution in [0.1, 0.15) is 33.6 Å². The maximum atomic E-state index is 12.7. The van der Waals surface area contributed by atoms with E-state index in [4.69, 9.17) is 0 Å². The zero-order valence-corrected chi connectivity index (χ0v) is 14.0. The molecule has 2 aliphatic heterocycles. The van der Waals surface area contributed by atoms with Gasteiger partial charge in [-0.05, 0) is 39.5 Å². The second-order valence-corrected chi connectivity index (χ2v) is 7.86. The van der Waals surface area contributed by atoms with Crippen molar-refractivity contribution in [2.75, 3.05) is 31.1 Å². The van der Waals surface area contributed by atoms with Crippen LogP contribution in [0, 0.1) is 11.3 Å². The Labute approximate surface area is 131 Å². The molecule has 0 bridgehead atoms. The normalized spacial score (nSPS) is 27.6. The van der Waals surface area contributed by atoms with Crippen LogP contribution in [0.25, 0.3) is 0 Å². The lowest BCUT2D eigenvalue weighted by atomic mass is 9.74. The summed E-state index contributed by atoms with van der Waals surface area (Å²) in [7, 11) is 0. The molecule has 2 amide bonds. The molecule has 2 fully saturated rings. The molecule has 2 unspecified atom stereocenters. The van der Waals surface area contributed by atoms with E-state index in [9.17, 15) is 14.7 Å². The molecule has 2 rings (SSSR count). The number of carbonyl (C=O) groups excluding carboxylic acids is 1. The fourth-order valence-electron chi connectivity index (χ4n) is 3.11. The van der Waals surface area contributed by atoms with Crippen LogP contribution in [0.2, 0.25) is 0 Å². The van der Waals surface area contributed by atoms with Crippen LogP contribution in [0.3, 0.4) is 0 Å². The first-order valence-electron chi connectivity index (χ1n) is 7.70. The van der Waals surface area contributed by atoms with E-state index >= 15 is 0 Å². The van der Waals surface area contributed by atoms with E-state index in [1.54, 1.807) is 13.8 Å². The van der Waals surface area contributed by atoms with Crippen molar-refractivity contribution in [3.05, 3.63) is 0 Å². The van der Waals surface area contributed by atoms with Gasteiger partial charge in [0.15, 0.2) is 0 Å². The number of hydrogen-bond donors (Lipinski definition) is 1. The Hall–Kier alpha value is -0.910. The summed E-state index contributed by atoms with van der Waals surface area (Å²) in [5.74, 6) is 1.24. The van der Waals surface area contributed by atoms with E-state index in [2.05, 4.69) is 6.92 Å². The number of aliphatic carboxylic acids is 1. The number of nitrogens with zero attached hydrogens (tertiary/aromatic N) is 2. The first kappa shape index (κ1) is 16.5. The lowest BCUT2D eigenvalue weighted by molar-refractivity contribution is -0.151. The van der Waals surface area contributed by atoms with Gasteiger partial charge >= 0.3 is 12.0 Å². The monoisotopic (exact) mass is 314 g/mol. The summed E-state index contributed by atoms with van der Waals surface area (Å²) in [4.78, 5) is 28.0. The summed E-state index contributed by atoms with van der Waals surface area (Å²) < 4.78 is 0. The van der Waals surface area contributed by atoms with Crippen LogP contribution in [0.5, 0.6) is 0 Å². The first-order valence-corrected chi connectivity index (χ1v) is 8.86. The van der Waals surface area contributed by atoms with Crippen molar-refractivity contribution in [1.82, 2.24) is 9.80 Å². The smallest absolute Gasteiger partial charge is 0.320 e. The number of carboxylic acid groups (broad SMARTS) is 1. The maximum absolute atomic E-state index is 12.7. The average Bonchev–Trinajstić information content (AvgIpc) is 2.47. The first-order chi connectivity index (χ1) is 9.84. The van der Waals surface area contributed by atoms with Gasteiger partial charge in [-0.2, -0.15) is 11.8 Å². The predicted octanol–water partition coefficient (Wildman–Crippen LogP) is 2.37. The van der Waals surface area contributed by atoms with Gasteiger partial charge in [0.25, 0.3) is 0 Å².